The molecule has 0 saturated carbocycles. The highest BCUT2D eigenvalue weighted by Gasteiger charge is 2.12. The predicted molar refractivity (Wildman–Crippen MR) is 68.2 cm³/mol. The lowest BCUT2D eigenvalue weighted by Gasteiger charge is -2.23. The molecule has 0 aromatic heterocycles. The number of hydrogen-bond acceptors (Lipinski definition) is 2. The van der Waals surface area contributed by atoms with Gasteiger partial charge >= 0.3 is 0 Å². The van der Waals surface area contributed by atoms with Gasteiger partial charge in [0, 0.05) is 12.2 Å². The first-order valence-corrected chi connectivity index (χ1v) is 6.44. The molecule has 1 heterocycles. The van der Waals surface area contributed by atoms with Crippen molar-refractivity contribution in [2.45, 2.75) is 12.8 Å². The van der Waals surface area contributed by atoms with Crippen molar-refractivity contribution >= 4 is 21.6 Å². The van der Waals surface area contributed by atoms with Crippen LogP contribution >= 0.6 is 15.9 Å². The highest BCUT2D eigenvalue weighted by atomic mass is 79.9. The van der Waals surface area contributed by atoms with Crippen LogP contribution in [0.2, 0.25) is 0 Å². The second-order valence-electron chi connectivity index (χ2n) is 4.20. The van der Waals surface area contributed by atoms with Crippen LogP contribution in [0, 0.1) is 11.7 Å². The molecule has 88 valence electrons. The van der Waals surface area contributed by atoms with Gasteiger partial charge in [-0.15, -0.1) is 0 Å². The van der Waals surface area contributed by atoms with Crippen molar-refractivity contribution in [1.29, 1.82) is 0 Å². The number of nitrogens with one attached hydrogen (secondary N) is 2. The van der Waals surface area contributed by atoms with Crippen LogP contribution in [0.25, 0.3) is 0 Å². The van der Waals surface area contributed by atoms with Crippen molar-refractivity contribution in [2.75, 3.05) is 25.0 Å². The first-order valence-electron chi connectivity index (χ1n) is 5.65. The fourth-order valence-corrected chi connectivity index (χ4v) is 2.33. The Labute approximate surface area is 104 Å². The third-order valence-electron chi connectivity index (χ3n) is 2.97. The summed E-state index contributed by atoms with van der Waals surface area (Å²) in [5, 5.41) is 6.70. The minimum atomic E-state index is -0.215. The molecule has 16 heavy (non-hydrogen) atoms. The van der Waals surface area contributed by atoms with Gasteiger partial charge in [-0.3, -0.25) is 0 Å². The lowest BCUT2D eigenvalue weighted by Crippen LogP contribution is -2.31. The van der Waals surface area contributed by atoms with E-state index in [2.05, 4.69) is 26.6 Å². The molecule has 1 fully saturated rings. The normalized spacial score (nSPS) is 17.4. The highest BCUT2D eigenvalue weighted by Crippen LogP contribution is 2.21. The van der Waals surface area contributed by atoms with Crippen molar-refractivity contribution in [3.63, 3.8) is 0 Å². The van der Waals surface area contributed by atoms with Gasteiger partial charge in [0.15, 0.2) is 0 Å². The first kappa shape index (κ1) is 11.9. The SMILES string of the molecule is Fc1ccc(NCC2CCNCC2)cc1Br. The zero-order valence-corrected chi connectivity index (χ0v) is 10.7. The van der Waals surface area contributed by atoms with E-state index in [9.17, 15) is 4.39 Å². The van der Waals surface area contributed by atoms with Crippen molar-refractivity contribution in [2.24, 2.45) is 5.92 Å². The maximum atomic E-state index is 13.0. The summed E-state index contributed by atoms with van der Waals surface area (Å²) in [6.07, 6.45) is 2.44. The maximum absolute atomic E-state index is 13.0. The summed E-state index contributed by atoms with van der Waals surface area (Å²) in [5.41, 5.74) is 0.979. The Kier molecular flexibility index (Phi) is 4.18. The third-order valence-corrected chi connectivity index (χ3v) is 3.58. The van der Waals surface area contributed by atoms with Crippen LogP contribution in [0.3, 0.4) is 0 Å². The lowest BCUT2D eigenvalue weighted by atomic mass is 9.98. The molecule has 0 unspecified atom stereocenters. The van der Waals surface area contributed by atoms with Crippen LogP contribution in [0.1, 0.15) is 12.8 Å². The Morgan fingerprint density at radius 2 is 2.12 bits per heavy atom. The largest absolute Gasteiger partial charge is 0.385 e. The molecule has 2 rings (SSSR count). The molecule has 1 aromatic rings. The monoisotopic (exact) mass is 286 g/mol. The van der Waals surface area contributed by atoms with Gasteiger partial charge in [0.2, 0.25) is 0 Å². The van der Waals surface area contributed by atoms with E-state index in [1.54, 1.807) is 12.1 Å². The Hall–Kier alpha value is -0.610. The van der Waals surface area contributed by atoms with Gasteiger partial charge < -0.3 is 10.6 Å². The lowest BCUT2D eigenvalue weighted by molar-refractivity contribution is 0.390. The van der Waals surface area contributed by atoms with Crippen LogP contribution in [0.15, 0.2) is 22.7 Å². The molecule has 4 heteroatoms. The molecule has 0 atom stereocenters. The van der Waals surface area contributed by atoms with Gasteiger partial charge in [-0.25, -0.2) is 4.39 Å². The Morgan fingerprint density at radius 3 is 2.81 bits per heavy atom. The van der Waals surface area contributed by atoms with E-state index < -0.39 is 0 Å². The number of hydrogen-bond donors (Lipinski definition) is 2. The summed E-state index contributed by atoms with van der Waals surface area (Å²) in [6, 6.07) is 5.05. The molecule has 2 nitrogen and oxygen atoms in total. The Bertz CT molecular complexity index is 351. The van der Waals surface area contributed by atoms with Gasteiger partial charge in [0.25, 0.3) is 0 Å². The van der Waals surface area contributed by atoms with E-state index in [1.165, 1.54) is 18.9 Å². The quantitative estimate of drug-likeness (QED) is 0.893. The minimum absolute atomic E-state index is 0.215. The Morgan fingerprint density at radius 1 is 1.38 bits per heavy atom. The van der Waals surface area contributed by atoms with Gasteiger partial charge in [-0.2, -0.15) is 0 Å². The van der Waals surface area contributed by atoms with Gasteiger partial charge in [-0.1, -0.05) is 0 Å². The van der Waals surface area contributed by atoms with E-state index in [4.69, 9.17) is 0 Å². The average Bonchev–Trinajstić information content (AvgIpc) is 2.32. The molecular weight excluding hydrogens is 271 g/mol. The second-order valence-corrected chi connectivity index (χ2v) is 5.06. The molecule has 1 aliphatic heterocycles. The highest BCUT2D eigenvalue weighted by molar-refractivity contribution is 9.10. The van der Waals surface area contributed by atoms with E-state index in [0.29, 0.717) is 4.47 Å². The summed E-state index contributed by atoms with van der Waals surface area (Å²) in [4.78, 5) is 0. The summed E-state index contributed by atoms with van der Waals surface area (Å²) >= 11 is 3.19. The van der Waals surface area contributed by atoms with Crippen molar-refractivity contribution in [3.05, 3.63) is 28.5 Å². The third kappa shape index (κ3) is 3.19. The summed E-state index contributed by atoms with van der Waals surface area (Å²) < 4.78 is 13.5. The molecule has 1 aromatic carbocycles. The standard InChI is InChI=1S/C12H16BrFN2/c13-11-7-10(1-2-12(11)14)16-8-9-3-5-15-6-4-9/h1-2,7,9,15-16H,3-6,8H2. The molecule has 0 aliphatic carbocycles. The summed E-state index contributed by atoms with van der Waals surface area (Å²) in [6.45, 7) is 3.19. The number of benzene rings is 1. The van der Waals surface area contributed by atoms with Crippen LogP contribution in [0.5, 0.6) is 0 Å². The van der Waals surface area contributed by atoms with Crippen molar-refractivity contribution in [3.8, 4) is 0 Å². The maximum Gasteiger partial charge on any atom is 0.137 e. The Balaban J connectivity index is 1.86. The van der Waals surface area contributed by atoms with Crippen LogP contribution < -0.4 is 10.6 Å². The van der Waals surface area contributed by atoms with Crippen molar-refractivity contribution in [1.82, 2.24) is 5.32 Å². The van der Waals surface area contributed by atoms with Gasteiger partial charge in [-0.05, 0) is 66.0 Å². The van der Waals surface area contributed by atoms with E-state index in [1.807, 2.05) is 0 Å². The number of halogens is 2. The fourth-order valence-electron chi connectivity index (χ4n) is 1.95. The molecule has 0 bridgehead atoms. The van der Waals surface area contributed by atoms with Gasteiger partial charge in [0.05, 0.1) is 4.47 Å². The minimum Gasteiger partial charge on any atom is -0.385 e. The van der Waals surface area contributed by atoms with Crippen LogP contribution in [-0.2, 0) is 0 Å². The molecule has 1 saturated heterocycles. The van der Waals surface area contributed by atoms with Crippen LogP contribution in [0.4, 0.5) is 10.1 Å². The molecule has 0 spiro atoms. The number of piperidine rings is 1. The van der Waals surface area contributed by atoms with Crippen LogP contribution in [-0.4, -0.2) is 19.6 Å². The average molecular weight is 287 g/mol. The molecule has 0 amide bonds. The number of anilines is 1. The second kappa shape index (κ2) is 5.64. The topological polar surface area (TPSA) is 24.1 Å². The van der Waals surface area contributed by atoms with Crippen molar-refractivity contribution < 1.29 is 4.39 Å². The molecule has 1 aliphatic rings. The molecule has 0 radical (unpaired) electrons. The van der Waals surface area contributed by atoms with E-state index in [-0.39, 0.29) is 5.82 Å². The van der Waals surface area contributed by atoms with E-state index in [0.717, 1.165) is 31.2 Å². The fraction of sp³-hybridized carbons (Fsp3) is 0.500. The summed E-state index contributed by atoms with van der Waals surface area (Å²) in [7, 11) is 0. The first-order chi connectivity index (χ1) is 7.75. The predicted octanol–water partition coefficient (Wildman–Crippen LogP) is 3.00. The zero-order chi connectivity index (χ0) is 11.4. The van der Waals surface area contributed by atoms with Gasteiger partial charge in [0.1, 0.15) is 5.82 Å². The molecular formula is C12H16BrFN2. The molecule has 2 N–H and O–H groups in total. The zero-order valence-electron chi connectivity index (χ0n) is 9.10. The number of rotatable bonds is 3. The smallest absolute Gasteiger partial charge is 0.137 e. The van der Waals surface area contributed by atoms with E-state index >= 15 is 0 Å². The summed E-state index contributed by atoms with van der Waals surface area (Å²) in [5.74, 6) is 0.512.